The van der Waals surface area contributed by atoms with Crippen LogP contribution in [-0.4, -0.2) is 64.4 Å². The Hall–Kier alpha value is -1.78. The second-order valence-corrected chi connectivity index (χ2v) is 5.90. The van der Waals surface area contributed by atoms with E-state index in [1.165, 1.54) is 9.80 Å². The molecule has 2 amide bonds. The molecule has 24 heavy (non-hydrogen) atoms. The number of hydrogen-bond donors (Lipinski definition) is 0. The zero-order chi connectivity index (χ0) is 18.1. The summed E-state index contributed by atoms with van der Waals surface area (Å²) in [5, 5.41) is 3.69. The average molecular weight is 413 g/mol. The van der Waals surface area contributed by atoms with Crippen molar-refractivity contribution in [3.05, 3.63) is 15.9 Å². The molecule has 0 unspecified atom stereocenters. The number of carbonyl (C=O) groups is 2. The van der Waals surface area contributed by atoms with Gasteiger partial charge < -0.3 is 14.5 Å². The van der Waals surface area contributed by atoms with Gasteiger partial charge in [0.1, 0.15) is 0 Å². The lowest BCUT2D eigenvalue weighted by molar-refractivity contribution is -0.144. The second kappa shape index (κ2) is 6.99. The smallest absolute Gasteiger partial charge is 0.434 e. The van der Waals surface area contributed by atoms with Crippen LogP contribution in [0, 0.1) is 0 Å². The molecule has 0 saturated carbocycles. The van der Waals surface area contributed by atoms with Crippen molar-refractivity contribution < 1.29 is 27.5 Å². The van der Waals surface area contributed by atoms with Crippen LogP contribution in [0.2, 0.25) is 0 Å². The molecule has 1 saturated heterocycles. The third kappa shape index (κ3) is 3.65. The molecule has 0 bridgehead atoms. The first kappa shape index (κ1) is 18.6. The van der Waals surface area contributed by atoms with Gasteiger partial charge in [0.25, 0.3) is 5.91 Å². The van der Waals surface area contributed by atoms with Crippen LogP contribution in [-0.2, 0) is 18.0 Å². The number of aryl methyl sites for hydroxylation is 1. The summed E-state index contributed by atoms with van der Waals surface area (Å²) < 4.78 is 44.0. The van der Waals surface area contributed by atoms with Gasteiger partial charge in [-0.1, -0.05) is 0 Å². The predicted octanol–water partition coefficient (Wildman–Crippen LogP) is 2.12. The number of alkyl halides is 3. The van der Waals surface area contributed by atoms with Gasteiger partial charge in [-0.05, 0) is 22.9 Å². The SMILES string of the molecule is CCOC(=O)N1CCN(C(=O)c2nn(C)c(C(F)(F)F)c2Br)CC1. The molecule has 2 heterocycles. The Balaban J connectivity index is 2.10. The quantitative estimate of drug-likeness (QED) is 0.745. The van der Waals surface area contributed by atoms with Crippen molar-refractivity contribution in [3.8, 4) is 0 Å². The fourth-order valence-corrected chi connectivity index (χ4v) is 3.13. The minimum absolute atomic E-state index is 0.196. The van der Waals surface area contributed by atoms with Crippen LogP contribution in [0.1, 0.15) is 23.1 Å². The first-order valence-electron chi connectivity index (χ1n) is 7.17. The normalized spacial score (nSPS) is 15.6. The third-order valence-electron chi connectivity index (χ3n) is 3.55. The molecule has 1 fully saturated rings. The molecular formula is C13H16BrF3N4O3. The summed E-state index contributed by atoms with van der Waals surface area (Å²) >= 11 is 2.83. The van der Waals surface area contributed by atoms with Gasteiger partial charge >= 0.3 is 12.3 Å². The molecule has 2 rings (SSSR count). The number of carbonyl (C=O) groups excluding carboxylic acids is 2. The summed E-state index contributed by atoms with van der Waals surface area (Å²) in [6.07, 6.45) is -5.09. The summed E-state index contributed by atoms with van der Waals surface area (Å²) in [7, 11) is 1.13. The van der Waals surface area contributed by atoms with E-state index in [-0.39, 0.29) is 43.0 Å². The van der Waals surface area contributed by atoms with Crippen molar-refractivity contribution in [2.45, 2.75) is 13.1 Å². The zero-order valence-electron chi connectivity index (χ0n) is 13.1. The highest BCUT2D eigenvalue weighted by Crippen LogP contribution is 2.36. The van der Waals surface area contributed by atoms with Gasteiger partial charge in [0.05, 0.1) is 11.1 Å². The highest BCUT2D eigenvalue weighted by Gasteiger charge is 2.40. The van der Waals surface area contributed by atoms with Crippen LogP contribution < -0.4 is 0 Å². The van der Waals surface area contributed by atoms with Crippen molar-refractivity contribution in [2.24, 2.45) is 7.05 Å². The van der Waals surface area contributed by atoms with Gasteiger partial charge in [-0.2, -0.15) is 18.3 Å². The maximum Gasteiger partial charge on any atom is 0.434 e. The van der Waals surface area contributed by atoms with Crippen molar-refractivity contribution >= 4 is 27.9 Å². The molecule has 0 radical (unpaired) electrons. The number of piperazine rings is 1. The molecule has 7 nitrogen and oxygen atoms in total. The van der Waals surface area contributed by atoms with Crippen molar-refractivity contribution in [2.75, 3.05) is 32.8 Å². The molecule has 0 aromatic carbocycles. The molecule has 0 atom stereocenters. The summed E-state index contributed by atoms with van der Waals surface area (Å²) in [4.78, 5) is 26.9. The highest BCUT2D eigenvalue weighted by atomic mass is 79.9. The first-order chi connectivity index (χ1) is 11.2. The molecule has 1 aromatic heterocycles. The van der Waals surface area contributed by atoms with Crippen molar-refractivity contribution in [1.29, 1.82) is 0 Å². The topological polar surface area (TPSA) is 67.7 Å². The van der Waals surface area contributed by atoms with E-state index < -0.39 is 23.9 Å². The molecule has 0 spiro atoms. The van der Waals surface area contributed by atoms with E-state index in [0.29, 0.717) is 4.68 Å². The Labute approximate surface area is 144 Å². The van der Waals surface area contributed by atoms with E-state index in [2.05, 4.69) is 21.0 Å². The molecule has 1 aliphatic heterocycles. The van der Waals surface area contributed by atoms with Crippen molar-refractivity contribution in [1.82, 2.24) is 19.6 Å². The van der Waals surface area contributed by atoms with E-state index in [4.69, 9.17) is 4.74 Å². The first-order valence-corrected chi connectivity index (χ1v) is 7.96. The number of halogens is 4. The van der Waals surface area contributed by atoms with Crippen LogP contribution in [0.5, 0.6) is 0 Å². The number of ether oxygens (including phenoxy) is 1. The largest absolute Gasteiger partial charge is 0.450 e. The Morgan fingerprint density at radius 3 is 2.21 bits per heavy atom. The van der Waals surface area contributed by atoms with E-state index in [9.17, 15) is 22.8 Å². The molecule has 0 aliphatic carbocycles. The number of nitrogens with zero attached hydrogens (tertiary/aromatic N) is 4. The molecule has 134 valence electrons. The maximum atomic E-state index is 13.0. The van der Waals surface area contributed by atoms with Crippen LogP contribution in [0.4, 0.5) is 18.0 Å². The Bertz CT molecular complexity index is 639. The molecule has 1 aliphatic rings. The summed E-state index contributed by atoms with van der Waals surface area (Å²) in [6.45, 7) is 2.83. The lowest BCUT2D eigenvalue weighted by Crippen LogP contribution is -2.50. The maximum absolute atomic E-state index is 13.0. The number of amides is 2. The number of hydrogen-bond acceptors (Lipinski definition) is 4. The summed E-state index contributed by atoms with van der Waals surface area (Å²) in [6, 6.07) is 0. The predicted molar refractivity (Wildman–Crippen MR) is 80.4 cm³/mol. The van der Waals surface area contributed by atoms with E-state index in [0.717, 1.165) is 7.05 Å². The number of rotatable bonds is 2. The summed E-state index contributed by atoms with van der Waals surface area (Å²) in [5.41, 5.74) is -1.31. The fraction of sp³-hybridized carbons (Fsp3) is 0.615. The van der Waals surface area contributed by atoms with Gasteiger partial charge in [-0.3, -0.25) is 9.48 Å². The van der Waals surface area contributed by atoms with Crippen molar-refractivity contribution in [3.63, 3.8) is 0 Å². The van der Waals surface area contributed by atoms with Gasteiger partial charge in [0.2, 0.25) is 0 Å². The van der Waals surface area contributed by atoms with E-state index in [1.54, 1.807) is 6.92 Å². The Kier molecular flexibility index (Phi) is 5.41. The van der Waals surface area contributed by atoms with Gasteiger partial charge in [-0.15, -0.1) is 0 Å². The highest BCUT2D eigenvalue weighted by molar-refractivity contribution is 9.10. The van der Waals surface area contributed by atoms with Crippen LogP contribution in [0.25, 0.3) is 0 Å². The number of aromatic nitrogens is 2. The van der Waals surface area contributed by atoms with Gasteiger partial charge in [-0.25, -0.2) is 4.79 Å². The Morgan fingerprint density at radius 1 is 1.21 bits per heavy atom. The van der Waals surface area contributed by atoms with Crippen LogP contribution >= 0.6 is 15.9 Å². The van der Waals surface area contributed by atoms with Crippen LogP contribution in [0.3, 0.4) is 0 Å². The van der Waals surface area contributed by atoms with Crippen LogP contribution in [0.15, 0.2) is 4.47 Å². The monoisotopic (exact) mass is 412 g/mol. The standard InChI is InChI=1S/C13H16BrF3N4O3/c1-3-24-12(23)21-6-4-20(5-7-21)11(22)9-8(14)10(13(15,16)17)19(2)18-9/h3-7H2,1-2H3. The summed E-state index contributed by atoms with van der Waals surface area (Å²) in [5.74, 6) is -0.614. The molecule has 11 heteroatoms. The Morgan fingerprint density at radius 2 is 1.75 bits per heavy atom. The third-order valence-corrected chi connectivity index (χ3v) is 4.30. The fourth-order valence-electron chi connectivity index (χ4n) is 2.40. The minimum atomic E-state index is -4.62. The second-order valence-electron chi connectivity index (χ2n) is 5.11. The van der Waals surface area contributed by atoms with Gasteiger partial charge in [0.15, 0.2) is 11.4 Å². The van der Waals surface area contributed by atoms with E-state index in [1.807, 2.05) is 0 Å². The molecule has 0 N–H and O–H groups in total. The molecule has 1 aromatic rings. The lowest BCUT2D eigenvalue weighted by atomic mass is 10.2. The zero-order valence-corrected chi connectivity index (χ0v) is 14.6. The molecular weight excluding hydrogens is 397 g/mol. The average Bonchev–Trinajstić information content (AvgIpc) is 2.81. The van der Waals surface area contributed by atoms with Gasteiger partial charge in [0, 0.05) is 33.2 Å². The minimum Gasteiger partial charge on any atom is -0.450 e. The lowest BCUT2D eigenvalue weighted by Gasteiger charge is -2.33. The van der Waals surface area contributed by atoms with E-state index >= 15 is 0 Å².